The molecule has 5 aromatic rings. The molecule has 1 amide bonds. The van der Waals surface area contributed by atoms with Gasteiger partial charge in [-0.3, -0.25) is 4.79 Å². The summed E-state index contributed by atoms with van der Waals surface area (Å²) in [5.74, 6) is 1.29. The van der Waals surface area contributed by atoms with Crippen LogP contribution < -0.4 is 5.32 Å². The van der Waals surface area contributed by atoms with Gasteiger partial charge < -0.3 is 20.3 Å². The lowest BCUT2D eigenvalue weighted by Crippen LogP contribution is -2.42. The maximum Gasteiger partial charge on any atom is 0.270 e. The Morgan fingerprint density at radius 3 is 2.86 bits per heavy atom. The van der Waals surface area contributed by atoms with Gasteiger partial charge in [0.15, 0.2) is 5.65 Å². The van der Waals surface area contributed by atoms with Crippen molar-refractivity contribution in [2.24, 2.45) is 5.92 Å². The van der Waals surface area contributed by atoms with Crippen molar-refractivity contribution in [3.05, 3.63) is 77.0 Å². The molecule has 2 aromatic carbocycles. The molecule has 3 N–H and O–H groups in total. The number of para-hydroxylation sites is 2. The number of halogens is 1. The molecule has 0 bridgehead atoms. The van der Waals surface area contributed by atoms with Crippen LogP contribution in [0.4, 0.5) is 5.82 Å². The molecule has 1 atom stereocenters. The Morgan fingerprint density at radius 1 is 1.17 bits per heavy atom. The third-order valence-corrected chi connectivity index (χ3v) is 7.31. The number of benzene rings is 2. The maximum absolute atomic E-state index is 13.2. The molecule has 0 spiro atoms. The number of fused-ring (bicyclic) bond motifs is 2. The van der Waals surface area contributed by atoms with E-state index >= 15 is 0 Å². The van der Waals surface area contributed by atoms with Crippen molar-refractivity contribution >= 4 is 44.2 Å². The summed E-state index contributed by atoms with van der Waals surface area (Å²) in [6, 6.07) is 18.9. The number of H-pyrrole nitrogens is 1. The zero-order valence-electron chi connectivity index (χ0n) is 19.5. The second-order valence-corrected chi connectivity index (χ2v) is 10.0. The quantitative estimate of drug-likeness (QED) is 0.278. The summed E-state index contributed by atoms with van der Waals surface area (Å²) < 4.78 is 2.53. The van der Waals surface area contributed by atoms with Crippen molar-refractivity contribution in [3.8, 4) is 17.0 Å². The molecule has 0 aliphatic carbocycles. The minimum absolute atomic E-state index is 0.0417. The fourth-order valence-corrected chi connectivity index (χ4v) is 5.26. The summed E-state index contributed by atoms with van der Waals surface area (Å²) in [6.07, 6.45) is 3.71. The van der Waals surface area contributed by atoms with E-state index in [0.717, 1.165) is 40.6 Å². The molecule has 36 heavy (non-hydrogen) atoms. The molecule has 6 rings (SSSR count). The predicted octanol–water partition coefficient (Wildman–Crippen LogP) is 5.31. The number of amides is 1. The Bertz CT molecular complexity index is 1540. The average Bonchev–Trinajstić information content (AvgIpc) is 3.51. The van der Waals surface area contributed by atoms with Crippen molar-refractivity contribution in [3.63, 3.8) is 0 Å². The van der Waals surface area contributed by atoms with Gasteiger partial charge in [-0.05, 0) is 59.0 Å². The molecule has 1 fully saturated rings. The van der Waals surface area contributed by atoms with Gasteiger partial charge in [-0.2, -0.15) is 9.61 Å². The standard InChI is InChI=1S/C27H25BrN6O2/c28-20-15-30-34-25(13-22(32-26(20)34)19-8-2-4-10-24(19)35)29-14-17-6-5-11-33(16-17)27(36)23-12-18-7-1-3-9-21(18)31-23/h1-4,7-10,12-13,15,17,29,31,35H,5-6,11,14,16H2. The zero-order valence-corrected chi connectivity index (χ0v) is 21.1. The summed E-state index contributed by atoms with van der Waals surface area (Å²) >= 11 is 3.53. The topological polar surface area (TPSA) is 98.5 Å². The van der Waals surface area contributed by atoms with Crippen LogP contribution in [0.3, 0.4) is 0 Å². The molecular weight excluding hydrogens is 520 g/mol. The number of likely N-dealkylation sites (tertiary alicyclic amines) is 1. The molecule has 1 saturated heterocycles. The molecular formula is C27H25BrN6O2. The number of aromatic amines is 1. The first-order chi connectivity index (χ1) is 17.6. The molecule has 1 unspecified atom stereocenters. The molecule has 8 nitrogen and oxygen atoms in total. The molecule has 0 saturated carbocycles. The summed E-state index contributed by atoms with van der Waals surface area (Å²) in [7, 11) is 0. The van der Waals surface area contributed by atoms with E-state index in [-0.39, 0.29) is 11.7 Å². The first-order valence-corrected chi connectivity index (χ1v) is 12.8. The molecule has 9 heteroatoms. The van der Waals surface area contributed by atoms with E-state index in [9.17, 15) is 9.90 Å². The minimum atomic E-state index is 0.0417. The summed E-state index contributed by atoms with van der Waals surface area (Å²) in [6.45, 7) is 2.13. The number of carbonyl (C=O) groups is 1. The Labute approximate surface area is 216 Å². The summed E-state index contributed by atoms with van der Waals surface area (Å²) in [5, 5.41) is 19.4. The highest BCUT2D eigenvalue weighted by atomic mass is 79.9. The lowest BCUT2D eigenvalue weighted by Gasteiger charge is -2.32. The number of hydrogen-bond acceptors (Lipinski definition) is 5. The Morgan fingerprint density at radius 2 is 2.00 bits per heavy atom. The van der Waals surface area contributed by atoms with Gasteiger partial charge >= 0.3 is 0 Å². The average molecular weight is 545 g/mol. The number of carbonyl (C=O) groups excluding carboxylic acids is 1. The second-order valence-electron chi connectivity index (χ2n) is 9.18. The van der Waals surface area contributed by atoms with Crippen LogP contribution in [0.2, 0.25) is 0 Å². The third kappa shape index (κ3) is 4.19. The van der Waals surface area contributed by atoms with E-state index in [2.05, 4.69) is 31.3 Å². The Kier molecular flexibility index (Phi) is 5.85. The monoisotopic (exact) mass is 544 g/mol. The highest BCUT2D eigenvalue weighted by Gasteiger charge is 2.26. The Balaban J connectivity index is 1.21. The maximum atomic E-state index is 13.2. The lowest BCUT2D eigenvalue weighted by atomic mass is 9.97. The van der Waals surface area contributed by atoms with Crippen molar-refractivity contribution in [2.75, 3.05) is 25.0 Å². The zero-order chi connectivity index (χ0) is 24.6. The van der Waals surface area contributed by atoms with Crippen LogP contribution in [0.25, 0.3) is 27.8 Å². The summed E-state index contributed by atoms with van der Waals surface area (Å²) in [4.78, 5) is 23.1. The second kappa shape index (κ2) is 9.31. The number of nitrogens with one attached hydrogen (secondary N) is 2. The number of phenols is 1. The van der Waals surface area contributed by atoms with Gasteiger partial charge in [0.05, 0.1) is 16.4 Å². The van der Waals surface area contributed by atoms with Crippen LogP contribution >= 0.6 is 15.9 Å². The predicted molar refractivity (Wildman–Crippen MR) is 143 cm³/mol. The number of piperidine rings is 1. The van der Waals surface area contributed by atoms with Crippen LogP contribution in [0, 0.1) is 5.92 Å². The van der Waals surface area contributed by atoms with Gasteiger partial charge in [0, 0.05) is 42.2 Å². The van der Waals surface area contributed by atoms with Gasteiger partial charge in [-0.15, -0.1) is 0 Å². The van der Waals surface area contributed by atoms with Gasteiger partial charge in [0.1, 0.15) is 17.3 Å². The van der Waals surface area contributed by atoms with Gasteiger partial charge in [-0.1, -0.05) is 30.3 Å². The number of anilines is 1. The minimum Gasteiger partial charge on any atom is -0.507 e. The van der Waals surface area contributed by atoms with Crippen LogP contribution in [-0.4, -0.2) is 55.1 Å². The number of rotatable bonds is 5. The van der Waals surface area contributed by atoms with E-state index < -0.39 is 0 Å². The molecule has 0 radical (unpaired) electrons. The molecule has 1 aliphatic heterocycles. The van der Waals surface area contributed by atoms with Crippen molar-refractivity contribution in [2.45, 2.75) is 12.8 Å². The largest absolute Gasteiger partial charge is 0.507 e. The number of aromatic nitrogens is 4. The van der Waals surface area contributed by atoms with Crippen LogP contribution in [0.15, 0.2) is 71.3 Å². The highest BCUT2D eigenvalue weighted by Crippen LogP contribution is 2.31. The molecule has 182 valence electrons. The van der Waals surface area contributed by atoms with E-state index in [0.29, 0.717) is 41.6 Å². The number of hydrogen-bond donors (Lipinski definition) is 3. The van der Waals surface area contributed by atoms with Crippen LogP contribution in [0.1, 0.15) is 23.3 Å². The Hall–Kier alpha value is -3.85. The number of phenolic OH excluding ortho intramolecular Hbond substituents is 1. The number of nitrogens with zero attached hydrogens (tertiary/aromatic N) is 4. The van der Waals surface area contributed by atoms with E-state index in [4.69, 9.17) is 4.98 Å². The van der Waals surface area contributed by atoms with Crippen LogP contribution in [0.5, 0.6) is 5.75 Å². The van der Waals surface area contributed by atoms with Crippen molar-refractivity contribution in [1.82, 2.24) is 24.5 Å². The van der Waals surface area contributed by atoms with E-state index in [1.54, 1.807) is 22.8 Å². The highest BCUT2D eigenvalue weighted by molar-refractivity contribution is 9.10. The van der Waals surface area contributed by atoms with Gasteiger partial charge in [0.2, 0.25) is 0 Å². The fraction of sp³-hybridized carbons (Fsp3) is 0.222. The molecule has 4 heterocycles. The fourth-order valence-electron chi connectivity index (χ4n) is 4.91. The van der Waals surface area contributed by atoms with E-state index in [1.807, 2.05) is 53.4 Å². The normalized spacial score (nSPS) is 16.0. The first kappa shape index (κ1) is 22.6. The third-order valence-electron chi connectivity index (χ3n) is 6.75. The lowest BCUT2D eigenvalue weighted by molar-refractivity contribution is 0.0675. The van der Waals surface area contributed by atoms with Crippen molar-refractivity contribution in [1.29, 1.82) is 0 Å². The smallest absolute Gasteiger partial charge is 0.270 e. The van der Waals surface area contributed by atoms with E-state index in [1.165, 1.54) is 0 Å². The SMILES string of the molecule is O=C(c1cc2ccccc2[nH]1)N1CCCC(CNc2cc(-c3ccccc3O)nc3c(Br)cnn23)C1. The van der Waals surface area contributed by atoms with Crippen LogP contribution in [-0.2, 0) is 0 Å². The van der Waals surface area contributed by atoms with Gasteiger partial charge in [-0.25, -0.2) is 4.98 Å². The molecule has 1 aliphatic rings. The first-order valence-electron chi connectivity index (χ1n) is 12.0. The number of aromatic hydroxyl groups is 1. The summed E-state index contributed by atoms with van der Waals surface area (Å²) in [5.41, 5.74) is 3.59. The molecule has 3 aromatic heterocycles. The van der Waals surface area contributed by atoms with Gasteiger partial charge in [0.25, 0.3) is 5.91 Å². The van der Waals surface area contributed by atoms with Crippen molar-refractivity contribution < 1.29 is 9.90 Å².